The molecule has 0 spiro atoms. The minimum absolute atomic E-state index is 0.542. The smallest absolute Gasteiger partial charge is 0.172 e. The van der Waals surface area contributed by atoms with Gasteiger partial charge < -0.3 is 15.4 Å². The van der Waals surface area contributed by atoms with E-state index in [1.165, 1.54) is 0 Å². The number of thiocarbonyl (C=S) groups is 1. The van der Waals surface area contributed by atoms with Crippen molar-refractivity contribution in [3.63, 3.8) is 0 Å². The molecule has 110 valence electrons. The molecule has 0 unspecified atom stereocenters. The van der Waals surface area contributed by atoms with E-state index in [1.54, 1.807) is 7.11 Å². The normalized spacial score (nSPS) is 10.0. The number of aromatic nitrogens is 1. The van der Waals surface area contributed by atoms with Gasteiger partial charge in [-0.15, -0.1) is 0 Å². The van der Waals surface area contributed by atoms with Crippen LogP contribution in [0.2, 0.25) is 0 Å². The monoisotopic (exact) mass is 365 g/mol. The number of methoxy groups -OCH3 is 1. The van der Waals surface area contributed by atoms with Gasteiger partial charge in [-0.1, -0.05) is 12.1 Å². The summed E-state index contributed by atoms with van der Waals surface area (Å²) in [5.41, 5.74) is 2.04. The van der Waals surface area contributed by atoms with E-state index in [-0.39, 0.29) is 0 Å². The lowest BCUT2D eigenvalue weighted by atomic mass is 10.2. The fourth-order valence-corrected chi connectivity index (χ4v) is 2.10. The molecule has 1 aromatic carbocycles. The van der Waals surface area contributed by atoms with E-state index in [1.807, 2.05) is 43.3 Å². The molecule has 0 fully saturated rings. The van der Waals surface area contributed by atoms with Crippen LogP contribution >= 0.6 is 28.1 Å². The van der Waals surface area contributed by atoms with Crippen LogP contribution in [0.5, 0.6) is 5.75 Å². The van der Waals surface area contributed by atoms with Crippen LogP contribution in [-0.4, -0.2) is 17.2 Å². The lowest BCUT2D eigenvalue weighted by Crippen LogP contribution is -2.28. The van der Waals surface area contributed by atoms with E-state index < -0.39 is 0 Å². The zero-order valence-electron chi connectivity index (χ0n) is 11.8. The third-order valence-corrected chi connectivity index (χ3v) is 3.96. The molecule has 0 radical (unpaired) electrons. The number of nitrogens with zero attached hydrogens (tertiary/aromatic N) is 1. The van der Waals surface area contributed by atoms with E-state index in [2.05, 4.69) is 31.5 Å². The Morgan fingerprint density at radius 3 is 2.57 bits per heavy atom. The fraction of sp³-hybridized carbons (Fsp3) is 0.200. The number of nitrogens with one attached hydrogen (secondary N) is 2. The first-order valence-electron chi connectivity index (χ1n) is 6.39. The van der Waals surface area contributed by atoms with Gasteiger partial charge in [0, 0.05) is 11.0 Å². The van der Waals surface area contributed by atoms with Crippen molar-refractivity contribution < 1.29 is 4.74 Å². The second kappa shape index (κ2) is 7.38. The van der Waals surface area contributed by atoms with Gasteiger partial charge in [0.05, 0.1) is 12.8 Å². The van der Waals surface area contributed by atoms with Crippen LogP contribution in [0.3, 0.4) is 0 Å². The lowest BCUT2D eigenvalue weighted by molar-refractivity contribution is 0.414. The number of pyridine rings is 1. The predicted octanol–water partition coefficient (Wildman–Crippen LogP) is 3.65. The summed E-state index contributed by atoms with van der Waals surface area (Å²) in [6.07, 6.45) is 0. The SMILES string of the molecule is COc1ccc(CNC(=S)Nc2ccc(Br)c(C)n2)cc1. The van der Waals surface area contributed by atoms with Crippen LogP contribution in [0, 0.1) is 6.92 Å². The number of anilines is 1. The van der Waals surface area contributed by atoms with Gasteiger partial charge in [0.15, 0.2) is 5.11 Å². The average Bonchev–Trinajstić information content (AvgIpc) is 2.49. The van der Waals surface area contributed by atoms with Crippen molar-refractivity contribution in [2.45, 2.75) is 13.5 Å². The molecule has 0 saturated heterocycles. The van der Waals surface area contributed by atoms with Crippen molar-refractivity contribution in [2.75, 3.05) is 12.4 Å². The molecule has 0 amide bonds. The van der Waals surface area contributed by atoms with Crippen LogP contribution in [-0.2, 0) is 6.54 Å². The lowest BCUT2D eigenvalue weighted by Gasteiger charge is -2.11. The fourth-order valence-electron chi connectivity index (χ4n) is 1.70. The summed E-state index contributed by atoms with van der Waals surface area (Å²) in [5, 5.41) is 6.75. The predicted molar refractivity (Wildman–Crippen MR) is 92.7 cm³/mol. The first-order valence-corrected chi connectivity index (χ1v) is 7.59. The highest BCUT2D eigenvalue weighted by Gasteiger charge is 2.02. The maximum absolute atomic E-state index is 5.26. The van der Waals surface area contributed by atoms with Crippen LogP contribution in [0.1, 0.15) is 11.3 Å². The summed E-state index contributed by atoms with van der Waals surface area (Å²) >= 11 is 8.68. The van der Waals surface area contributed by atoms with Crippen molar-refractivity contribution in [3.05, 3.63) is 52.1 Å². The quantitative estimate of drug-likeness (QED) is 0.809. The largest absolute Gasteiger partial charge is 0.497 e. The summed E-state index contributed by atoms with van der Waals surface area (Å²) < 4.78 is 6.10. The number of aryl methyl sites for hydroxylation is 1. The van der Waals surface area contributed by atoms with Gasteiger partial charge >= 0.3 is 0 Å². The summed E-state index contributed by atoms with van der Waals surface area (Å²) in [7, 11) is 1.65. The van der Waals surface area contributed by atoms with Crippen molar-refractivity contribution in [1.29, 1.82) is 0 Å². The highest BCUT2D eigenvalue weighted by Crippen LogP contribution is 2.16. The molecule has 21 heavy (non-hydrogen) atoms. The van der Waals surface area contributed by atoms with E-state index in [0.29, 0.717) is 11.7 Å². The zero-order chi connectivity index (χ0) is 15.2. The Labute approximate surface area is 138 Å². The number of rotatable bonds is 4. The third kappa shape index (κ3) is 4.68. The third-order valence-electron chi connectivity index (χ3n) is 2.88. The molecule has 1 aromatic heterocycles. The zero-order valence-corrected chi connectivity index (χ0v) is 14.2. The number of ether oxygens (including phenoxy) is 1. The Hall–Kier alpha value is -1.66. The van der Waals surface area contributed by atoms with Crippen molar-refractivity contribution in [2.24, 2.45) is 0 Å². The molecule has 0 atom stereocenters. The van der Waals surface area contributed by atoms with Crippen LogP contribution in [0.15, 0.2) is 40.9 Å². The maximum Gasteiger partial charge on any atom is 0.172 e. The molecule has 0 aliphatic heterocycles. The van der Waals surface area contributed by atoms with Gasteiger partial charge in [-0.05, 0) is 64.9 Å². The number of hydrogen-bond donors (Lipinski definition) is 2. The molecule has 2 N–H and O–H groups in total. The van der Waals surface area contributed by atoms with Gasteiger partial charge in [0.1, 0.15) is 11.6 Å². The molecule has 2 rings (SSSR count). The van der Waals surface area contributed by atoms with Crippen LogP contribution in [0.25, 0.3) is 0 Å². The standard InChI is InChI=1S/C15H16BrN3OS/c1-10-13(16)7-8-14(18-10)19-15(21)17-9-11-3-5-12(20-2)6-4-11/h3-8H,9H2,1-2H3,(H2,17,18,19,21). The molecular weight excluding hydrogens is 350 g/mol. The molecule has 6 heteroatoms. The van der Waals surface area contributed by atoms with Gasteiger partial charge in [0.2, 0.25) is 0 Å². The van der Waals surface area contributed by atoms with Gasteiger partial charge in [0.25, 0.3) is 0 Å². The Morgan fingerprint density at radius 1 is 1.24 bits per heavy atom. The van der Waals surface area contributed by atoms with Gasteiger partial charge in [-0.25, -0.2) is 4.98 Å². The molecule has 2 aromatic rings. The summed E-state index contributed by atoms with van der Waals surface area (Å²) in [6, 6.07) is 11.7. The summed E-state index contributed by atoms with van der Waals surface area (Å²) in [5.74, 6) is 1.57. The van der Waals surface area contributed by atoms with Crippen molar-refractivity contribution >= 4 is 39.1 Å². The molecule has 0 aliphatic carbocycles. The van der Waals surface area contributed by atoms with E-state index in [0.717, 1.165) is 27.3 Å². The molecule has 0 bridgehead atoms. The topological polar surface area (TPSA) is 46.2 Å². The Bertz CT molecular complexity index is 631. The first-order chi connectivity index (χ1) is 10.1. The van der Waals surface area contributed by atoms with Crippen molar-refractivity contribution in [1.82, 2.24) is 10.3 Å². The highest BCUT2D eigenvalue weighted by molar-refractivity contribution is 9.10. The Kier molecular flexibility index (Phi) is 5.52. The van der Waals surface area contributed by atoms with Crippen LogP contribution in [0.4, 0.5) is 5.82 Å². The number of benzene rings is 1. The number of halogens is 1. The Morgan fingerprint density at radius 2 is 1.95 bits per heavy atom. The maximum atomic E-state index is 5.26. The first kappa shape index (κ1) is 15.7. The minimum Gasteiger partial charge on any atom is -0.497 e. The molecule has 1 heterocycles. The van der Waals surface area contributed by atoms with E-state index >= 15 is 0 Å². The summed E-state index contributed by atoms with van der Waals surface area (Å²) in [6.45, 7) is 2.58. The molecular formula is C15H16BrN3OS. The average molecular weight is 366 g/mol. The highest BCUT2D eigenvalue weighted by atomic mass is 79.9. The van der Waals surface area contributed by atoms with Crippen LogP contribution < -0.4 is 15.4 Å². The van der Waals surface area contributed by atoms with E-state index in [9.17, 15) is 0 Å². The minimum atomic E-state index is 0.542. The second-order valence-corrected chi connectivity index (χ2v) is 5.68. The Balaban J connectivity index is 1.87. The van der Waals surface area contributed by atoms with E-state index in [4.69, 9.17) is 17.0 Å². The number of hydrogen-bond acceptors (Lipinski definition) is 3. The van der Waals surface area contributed by atoms with Gasteiger partial charge in [-0.2, -0.15) is 0 Å². The summed E-state index contributed by atoms with van der Waals surface area (Å²) in [4.78, 5) is 4.39. The van der Waals surface area contributed by atoms with Crippen molar-refractivity contribution in [3.8, 4) is 5.75 Å². The molecule has 4 nitrogen and oxygen atoms in total. The van der Waals surface area contributed by atoms with Gasteiger partial charge in [-0.3, -0.25) is 0 Å². The molecule has 0 saturated carbocycles. The molecule has 0 aliphatic rings. The second-order valence-electron chi connectivity index (χ2n) is 4.42.